The monoisotopic (exact) mass is 446 g/mol. The fraction of sp³-hybridized carbons (Fsp3) is 0.120. The molecule has 3 aromatic carbocycles. The highest BCUT2D eigenvalue weighted by Crippen LogP contribution is 2.57. The van der Waals surface area contributed by atoms with E-state index in [0.29, 0.717) is 0 Å². The minimum Gasteiger partial charge on any atom is -0.0839 e. The molecule has 0 heterocycles. The van der Waals surface area contributed by atoms with Crippen molar-refractivity contribution >= 4 is 22.6 Å². The van der Waals surface area contributed by atoms with E-state index in [1.807, 2.05) is 0 Å². The number of rotatable bonds is 2. The second kappa shape index (κ2) is 6.24. The molecule has 0 aliphatic heterocycles. The Bertz CT molecular complexity index is 1040. The van der Waals surface area contributed by atoms with Crippen LogP contribution in [0.25, 0.3) is 11.1 Å². The largest absolute Gasteiger partial charge is 0.0839 e. The predicted octanol–water partition coefficient (Wildman–Crippen LogP) is 6.88. The number of hydrogen-bond donors (Lipinski definition) is 0. The quantitative estimate of drug-likeness (QED) is 0.377. The smallest absolute Gasteiger partial charge is 0.0710 e. The van der Waals surface area contributed by atoms with Crippen LogP contribution in [0.5, 0.6) is 0 Å². The minimum absolute atomic E-state index is 0.217. The summed E-state index contributed by atoms with van der Waals surface area (Å²) in [6.45, 7) is 0. The number of benzene rings is 3. The van der Waals surface area contributed by atoms with E-state index in [2.05, 4.69) is 114 Å². The molecule has 0 saturated heterocycles. The van der Waals surface area contributed by atoms with Gasteiger partial charge >= 0.3 is 0 Å². The zero-order valence-electron chi connectivity index (χ0n) is 14.5. The lowest BCUT2D eigenvalue weighted by atomic mass is 9.66. The highest BCUT2D eigenvalue weighted by atomic mass is 127. The Balaban J connectivity index is 1.95. The van der Waals surface area contributed by atoms with Gasteiger partial charge in [0.15, 0.2) is 0 Å². The third kappa shape index (κ3) is 2.20. The minimum atomic E-state index is -0.217. The van der Waals surface area contributed by atoms with Gasteiger partial charge in [-0.3, -0.25) is 0 Å². The van der Waals surface area contributed by atoms with Crippen LogP contribution in [0, 0.1) is 3.57 Å². The molecule has 3 aromatic rings. The summed E-state index contributed by atoms with van der Waals surface area (Å²) in [4.78, 5) is 0. The van der Waals surface area contributed by atoms with Crippen molar-refractivity contribution in [1.82, 2.24) is 0 Å². The van der Waals surface area contributed by atoms with E-state index in [0.717, 1.165) is 12.8 Å². The summed E-state index contributed by atoms with van der Waals surface area (Å²) >= 11 is 2.44. The molecule has 0 bridgehead atoms. The molecule has 0 amide bonds. The van der Waals surface area contributed by atoms with Gasteiger partial charge < -0.3 is 0 Å². The fourth-order valence-corrected chi connectivity index (χ4v) is 5.11. The van der Waals surface area contributed by atoms with Crippen LogP contribution >= 0.6 is 22.6 Å². The van der Waals surface area contributed by atoms with Gasteiger partial charge in [-0.15, -0.1) is 0 Å². The first kappa shape index (κ1) is 16.1. The second-order valence-corrected chi connectivity index (χ2v) is 8.24. The van der Waals surface area contributed by atoms with E-state index in [9.17, 15) is 0 Å². The van der Waals surface area contributed by atoms with Crippen molar-refractivity contribution in [1.29, 1.82) is 0 Å². The summed E-state index contributed by atoms with van der Waals surface area (Å²) in [5.41, 5.74) is 8.09. The molecular weight excluding hydrogens is 427 g/mol. The summed E-state index contributed by atoms with van der Waals surface area (Å²) in [5.74, 6) is 0. The first-order valence-electron chi connectivity index (χ1n) is 9.14. The van der Waals surface area contributed by atoms with Gasteiger partial charge in [0.2, 0.25) is 0 Å². The van der Waals surface area contributed by atoms with Gasteiger partial charge in [-0.25, -0.2) is 0 Å². The van der Waals surface area contributed by atoms with Crippen molar-refractivity contribution in [2.45, 2.75) is 18.3 Å². The summed E-state index contributed by atoms with van der Waals surface area (Å²) in [6, 6.07) is 26.9. The van der Waals surface area contributed by atoms with Crippen LogP contribution in [-0.2, 0) is 5.41 Å². The molecule has 2 aliphatic carbocycles. The van der Waals surface area contributed by atoms with Gasteiger partial charge in [-0.2, -0.15) is 0 Å². The number of hydrogen-bond acceptors (Lipinski definition) is 0. The Morgan fingerprint density at radius 2 is 1.50 bits per heavy atom. The first-order valence-corrected chi connectivity index (χ1v) is 10.2. The Morgan fingerprint density at radius 3 is 2.31 bits per heavy atom. The van der Waals surface area contributed by atoms with Crippen LogP contribution in [0.4, 0.5) is 0 Å². The van der Waals surface area contributed by atoms with Crippen molar-refractivity contribution in [3.05, 3.63) is 117 Å². The van der Waals surface area contributed by atoms with Gasteiger partial charge in [0, 0.05) is 3.57 Å². The average Bonchev–Trinajstić information content (AvgIpc) is 3.00. The van der Waals surface area contributed by atoms with Crippen LogP contribution < -0.4 is 0 Å². The van der Waals surface area contributed by atoms with E-state index >= 15 is 0 Å². The Morgan fingerprint density at radius 1 is 0.731 bits per heavy atom. The normalized spacial score (nSPS) is 20.4. The Hall–Kier alpha value is -2.13. The molecule has 0 N–H and O–H groups in total. The van der Waals surface area contributed by atoms with Gasteiger partial charge in [0.25, 0.3) is 0 Å². The topological polar surface area (TPSA) is 0 Å². The standard InChI is InChI=1S/C25H19I/c26-20-15-16-22-21-13-7-8-14-23(21)25(24(22)17-20,18-9-3-1-4-10-18)19-11-5-2-6-12-19/h1,3-5,7-17H,2,6H2. The molecule has 5 rings (SSSR count). The molecular formula is C25H19I. The van der Waals surface area contributed by atoms with Crippen LogP contribution in [0.15, 0.2) is 96.6 Å². The highest BCUT2D eigenvalue weighted by Gasteiger charge is 2.46. The molecule has 1 unspecified atom stereocenters. The molecule has 0 saturated carbocycles. The lowest BCUT2D eigenvalue weighted by molar-refractivity contribution is 0.751. The molecule has 126 valence electrons. The third-order valence-electron chi connectivity index (χ3n) is 5.64. The molecule has 1 atom stereocenters. The molecule has 0 aromatic heterocycles. The summed E-state index contributed by atoms with van der Waals surface area (Å²) in [6.07, 6.45) is 9.37. The van der Waals surface area contributed by atoms with E-state index in [4.69, 9.17) is 0 Å². The Labute approximate surface area is 168 Å². The first-order chi connectivity index (χ1) is 12.8. The maximum absolute atomic E-state index is 2.44. The molecule has 2 aliphatic rings. The van der Waals surface area contributed by atoms with E-state index in [1.54, 1.807) is 0 Å². The zero-order chi connectivity index (χ0) is 17.6. The maximum Gasteiger partial charge on any atom is 0.0710 e. The van der Waals surface area contributed by atoms with Crippen molar-refractivity contribution in [3.63, 3.8) is 0 Å². The molecule has 1 heteroatoms. The molecule has 0 nitrogen and oxygen atoms in total. The van der Waals surface area contributed by atoms with Gasteiger partial charge in [-0.1, -0.05) is 78.9 Å². The summed E-state index contributed by atoms with van der Waals surface area (Å²) in [5, 5.41) is 0. The van der Waals surface area contributed by atoms with Gasteiger partial charge in [-0.05, 0) is 81.0 Å². The van der Waals surface area contributed by atoms with Gasteiger partial charge in [0.1, 0.15) is 0 Å². The van der Waals surface area contributed by atoms with Crippen LogP contribution in [0.3, 0.4) is 0 Å². The summed E-state index contributed by atoms with van der Waals surface area (Å²) in [7, 11) is 0. The molecule has 0 spiro atoms. The van der Waals surface area contributed by atoms with Crippen molar-refractivity contribution in [2.24, 2.45) is 0 Å². The lowest BCUT2D eigenvalue weighted by Crippen LogP contribution is -2.29. The van der Waals surface area contributed by atoms with E-state index in [-0.39, 0.29) is 5.41 Å². The average molecular weight is 446 g/mol. The fourth-order valence-electron chi connectivity index (χ4n) is 4.62. The highest BCUT2D eigenvalue weighted by molar-refractivity contribution is 14.1. The summed E-state index contributed by atoms with van der Waals surface area (Å²) < 4.78 is 1.29. The lowest BCUT2D eigenvalue weighted by Gasteiger charge is -2.35. The number of fused-ring (bicyclic) bond motifs is 3. The SMILES string of the molecule is Ic1ccc2c(c1)C(C1=CCCC=C1)(c1ccccc1)c1ccccc1-2. The Kier molecular flexibility index (Phi) is 3.86. The van der Waals surface area contributed by atoms with E-state index in [1.165, 1.54) is 37.0 Å². The molecule has 0 radical (unpaired) electrons. The van der Waals surface area contributed by atoms with Crippen LogP contribution in [0.1, 0.15) is 29.5 Å². The number of halogens is 1. The van der Waals surface area contributed by atoms with Crippen molar-refractivity contribution < 1.29 is 0 Å². The van der Waals surface area contributed by atoms with Gasteiger partial charge in [0.05, 0.1) is 5.41 Å². The third-order valence-corrected chi connectivity index (χ3v) is 6.31. The van der Waals surface area contributed by atoms with Crippen molar-refractivity contribution in [3.8, 4) is 11.1 Å². The molecule has 0 fully saturated rings. The van der Waals surface area contributed by atoms with Crippen LogP contribution in [0.2, 0.25) is 0 Å². The van der Waals surface area contributed by atoms with Crippen LogP contribution in [-0.4, -0.2) is 0 Å². The maximum atomic E-state index is 2.44. The second-order valence-electron chi connectivity index (χ2n) is 6.99. The number of allylic oxidation sites excluding steroid dienone is 4. The predicted molar refractivity (Wildman–Crippen MR) is 117 cm³/mol. The van der Waals surface area contributed by atoms with E-state index < -0.39 is 0 Å². The zero-order valence-corrected chi connectivity index (χ0v) is 16.6. The molecule has 26 heavy (non-hydrogen) atoms. The van der Waals surface area contributed by atoms with Crippen molar-refractivity contribution in [2.75, 3.05) is 0 Å².